The second kappa shape index (κ2) is 5.30. The molecule has 1 aromatic carbocycles. The highest BCUT2D eigenvalue weighted by Crippen LogP contribution is 2.61. The number of halogens is 1. The summed E-state index contributed by atoms with van der Waals surface area (Å²) in [4.78, 5) is 0. The van der Waals surface area contributed by atoms with E-state index in [4.69, 9.17) is 11.6 Å². The summed E-state index contributed by atoms with van der Waals surface area (Å²) in [5, 5.41) is 0.322. The Hall–Kier alpha value is -0.490. The summed E-state index contributed by atoms with van der Waals surface area (Å²) in [6.07, 6.45) is 11.3. The van der Waals surface area contributed by atoms with Crippen molar-refractivity contribution in [2.45, 2.75) is 63.7 Å². The van der Waals surface area contributed by atoms with Gasteiger partial charge in [0.05, 0.1) is 0 Å². The van der Waals surface area contributed by atoms with Gasteiger partial charge in [0, 0.05) is 5.38 Å². The summed E-state index contributed by atoms with van der Waals surface area (Å²) in [7, 11) is 0. The summed E-state index contributed by atoms with van der Waals surface area (Å²) in [5.41, 5.74) is 3.39. The van der Waals surface area contributed by atoms with Gasteiger partial charge in [-0.15, -0.1) is 11.6 Å². The molecule has 1 unspecified atom stereocenters. The fraction of sp³-hybridized carbons (Fsp3) is 0.700. The van der Waals surface area contributed by atoms with E-state index in [0.29, 0.717) is 10.8 Å². The Morgan fingerprint density at radius 2 is 1.71 bits per heavy atom. The van der Waals surface area contributed by atoms with Gasteiger partial charge in [-0.05, 0) is 87.0 Å². The van der Waals surface area contributed by atoms with E-state index in [2.05, 4.69) is 31.2 Å². The van der Waals surface area contributed by atoms with Gasteiger partial charge in [0.2, 0.25) is 0 Å². The number of rotatable bonds is 4. The third kappa shape index (κ3) is 2.89. The minimum Gasteiger partial charge on any atom is -0.123 e. The van der Waals surface area contributed by atoms with Crippen molar-refractivity contribution in [2.75, 3.05) is 0 Å². The van der Waals surface area contributed by atoms with E-state index in [1.165, 1.54) is 56.1 Å². The molecule has 1 atom stereocenters. The summed E-state index contributed by atoms with van der Waals surface area (Å²) >= 11 is 6.80. The van der Waals surface area contributed by atoms with Crippen LogP contribution in [0.25, 0.3) is 0 Å². The molecule has 0 aromatic heterocycles. The zero-order chi connectivity index (χ0) is 14.4. The van der Waals surface area contributed by atoms with E-state index in [1.807, 2.05) is 0 Å². The zero-order valence-corrected chi connectivity index (χ0v) is 13.9. The lowest BCUT2D eigenvalue weighted by molar-refractivity contribution is -0.0574. The van der Waals surface area contributed by atoms with E-state index >= 15 is 0 Å². The average molecular weight is 303 g/mol. The van der Waals surface area contributed by atoms with Crippen LogP contribution in [-0.2, 0) is 6.42 Å². The van der Waals surface area contributed by atoms with Crippen molar-refractivity contribution in [2.24, 2.45) is 23.2 Å². The van der Waals surface area contributed by atoms with Crippen molar-refractivity contribution in [3.63, 3.8) is 0 Å². The van der Waals surface area contributed by atoms with Gasteiger partial charge in [-0.3, -0.25) is 0 Å². The molecule has 4 aliphatic carbocycles. The van der Waals surface area contributed by atoms with Crippen LogP contribution in [0.3, 0.4) is 0 Å². The minimum absolute atomic E-state index is 0.322. The van der Waals surface area contributed by atoms with Crippen LogP contribution < -0.4 is 0 Å². The first-order valence-electron chi connectivity index (χ1n) is 8.80. The SMILES string of the molecule is Cc1cccc(CC(Cl)CC23CC4CC(CC(C4)C2)C3)c1. The van der Waals surface area contributed by atoms with Crippen molar-refractivity contribution in [1.82, 2.24) is 0 Å². The molecule has 0 saturated heterocycles. The van der Waals surface area contributed by atoms with Crippen molar-refractivity contribution in [3.05, 3.63) is 35.4 Å². The smallest absolute Gasteiger partial charge is 0.0381 e. The first-order valence-corrected chi connectivity index (χ1v) is 9.23. The monoisotopic (exact) mass is 302 g/mol. The standard InChI is InChI=1S/C20H27Cl/c1-14-3-2-4-15(5-14)9-19(21)13-20-10-16-6-17(11-20)8-18(7-16)12-20/h2-5,16-19H,6-13H2,1H3. The second-order valence-corrected chi connectivity index (χ2v) is 9.03. The molecule has 4 bridgehead atoms. The summed E-state index contributed by atoms with van der Waals surface area (Å²) < 4.78 is 0. The maximum atomic E-state index is 6.80. The predicted octanol–water partition coefficient (Wildman–Crippen LogP) is 5.75. The van der Waals surface area contributed by atoms with Crippen LogP contribution in [0.1, 0.15) is 56.1 Å². The number of aryl methyl sites for hydroxylation is 1. The lowest BCUT2D eigenvalue weighted by atomic mass is 9.48. The summed E-state index contributed by atoms with van der Waals surface area (Å²) in [6.45, 7) is 2.17. The predicted molar refractivity (Wildman–Crippen MR) is 89.7 cm³/mol. The molecular weight excluding hydrogens is 276 g/mol. The van der Waals surface area contributed by atoms with E-state index in [0.717, 1.165) is 24.2 Å². The van der Waals surface area contributed by atoms with Crippen molar-refractivity contribution in [3.8, 4) is 0 Å². The molecule has 4 aliphatic rings. The highest BCUT2D eigenvalue weighted by molar-refractivity contribution is 6.20. The Balaban J connectivity index is 1.43. The van der Waals surface area contributed by atoms with E-state index < -0.39 is 0 Å². The molecule has 0 aliphatic heterocycles. The Kier molecular flexibility index (Phi) is 3.57. The molecule has 0 N–H and O–H groups in total. The van der Waals surface area contributed by atoms with Crippen LogP contribution in [0.5, 0.6) is 0 Å². The molecule has 1 aromatic rings. The maximum Gasteiger partial charge on any atom is 0.0381 e. The van der Waals surface area contributed by atoms with Crippen molar-refractivity contribution in [1.29, 1.82) is 0 Å². The third-order valence-corrected chi connectivity index (χ3v) is 6.67. The Bertz CT molecular complexity index is 483. The fourth-order valence-electron chi connectivity index (χ4n) is 6.18. The first-order chi connectivity index (χ1) is 10.1. The number of benzene rings is 1. The lowest BCUT2D eigenvalue weighted by Crippen LogP contribution is -2.47. The van der Waals surface area contributed by atoms with Gasteiger partial charge in [0.25, 0.3) is 0 Å². The molecule has 21 heavy (non-hydrogen) atoms. The normalized spacial score (nSPS) is 38.7. The van der Waals surface area contributed by atoms with Gasteiger partial charge in [0.15, 0.2) is 0 Å². The molecule has 0 radical (unpaired) electrons. The minimum atomic E-state index is 0.322. The zero-order valence-electron chi connectivity index (χ0n) is 13.2. The molecule has 4 fully saturated rings. The van der Waals surface area contributed by atoms with Gasteiger partial charge < -0.3 is 0 Å². The third-order valence-electron chi connectivity index (χ3n) is 6.36. The largest absolute Gasteiger partial charge is 0.123 e. The second-order valence-electron chi connectivity index (χ2n) is 8.41. The van der Waals surface area contributed by atoms with Gasteiger partial charge in [-0.25, -0.2) is 0 Å². The molecule has 1 heteroatoms. The van der Waals surface area contributed by atoms with E-state index in [-0.39, 0.29) is 0 Å². The Morgan fingerprint density at radius 3 is 2.29 bits per heavy atom. The average Bonchev–Trinajstić information content (AvgIpc) is 2.35. The van der Waals surface area contributed by atoms with Crippen molar-refractivity contribution < 1.29 is 0 Å². The molecule has 114 valence electrons. The van der Waals surface area contributed by atoms with Crippen molar-refractivity contribution >= 4 is 11.6 Å². The number of alkyl halides is 1. The maximum absolute atomic E-state index is 6.80. The fourth-order valence-corrected chi connectivity index (χ4v) is 6.68. The van der Waals surface area contributed by atoms with Gasteiger partial charge in [-0.1, -0.05) is 29.8 Å². The number of hydrogen-bond acceptors (Lipinski definition) is 0. The topological polar surface area (TPSA) is 0 Å². The Labute approximate surface area is 134 Å². The first kappa shape index (κ1) is 14.1. The lowest BCUT2D eigenvalue weighted by Gasteiger charge is -2.57. The molecule has 5 rings (SSSR count). The summed E-state index contributed by atoms with van der Waals surface area (Å²) in [5.74, 6) is 3.12. The number of hydrogen-bond donors (Lipinski definition) is 0. The van der Waals surface area contributed by atoms with E-state index in [1.54, 1.807) is 0 Å². The van der Waals surface area contributed by atoms with Gasteiger partial charge in [-0.2, -0.15) is 0 Å². The highest BCUT2D eigenvalue weighted by atomic mass is 35.5. The van der Waals surface area contributed by atoms with E-state index in [9.17, 15) is 0 Å². The molecule has 0 spiro atoms. The van der Waals surface area contributed by atoms with Crippen LogP contribution in [-0.4, -0.2) is 5.38 Å². The van der Waals surface area contributed by atoms with Gasteiger partial charge >= 0.3 is 0 Å². The van der Waals surface area contributed by atoms with Crippen LogP contribution in [0.15, 0.2) is 24.3 Å². The van der Waals surface area contributed by atoms with Gasteiger partial charge in [0.1, 0.15) is 0 Å². The van der Waals surface area contributed by atoms with Crippen LogP contribution >= 0.6 is 11.6 Å². The molecule has 4 saturated carbocycles. The van der Waals surface area contributed by atoms with Crippen LogP contribution in [0.2, 0.25) is 0 Å². The molecule has 0 amide bonds. The molecular formula is C20H27Cl. The van der Waals surface area contributed by atoms with Crippen LogP contribution in [0, 0.1) is 30.1 Å². The van der Waals surface area contributed by atoms with Crippen LogP contribution in [0.4, 0.5) is 0 Å². The molecule has 0 heterocycles. The molecule has 0 nitrogen and oxygen atoms in total. The highest BCUT2D eigenvalue weighted by Gasteiger charge is 2.51. The summed E-state index contributed by atoms with van der Waals surface area (Å²) in [6, 6.07) is 8.88. The quantitative estimate of drug-likeness (QED) is 0.621. The Morgan fingerprint density at radius 1 is 1.10 bits per heavy atom.